The third kappa shape index (κ3) is 4.08. The number of fused-ring (bicyclic) bond motifs is 1. The van der Waals surface area contributed by atoms with Crippen molar-refractivity contribution in [3.8, 4) is 0 Å². The van der Waals surface area contributed by atoms with Crippen molar-refractivity contribution in [3.05, 3.63) is 57.8 Å². The van der Waals surface area contributed by atoms with Crippen molar-refractivity contribution >= 4 is 23.2 Å². The predicted octanol–water partition coefficient (Wildman–Crippen LogP) is 3.84. The molecule has 0 saturated carbocycles. The maximum atomic E-state index is 12.6. The minimum Gasteiger partial charge on any atom is -0.355 e. The number of carbonyl (C=O) groups excluding carboxylic acids is 2. The Balaban J connectivity index is 1.27. The second-order valence-electron chi connectivity index (χ2n) is 7.58. The van der Waals surface area contributed by atoms with Crippen LogP contribution in [0.3, 0.4) is 0 Å². The van der Waals surface area contributed by atoms with E-state index in [1.807, 2.05) is 22.4 Å². The quantitative estimate of drug-likeness (QED) is 0.873. The third-order valence-electron chi connectivity index (χ3n) is 5.90. The molecule has 4 nitrogen and oxygen atoms in total. The van der Waals surface area contributed by atoms with E-state index in [1.54, 1.807) is 0 Å². The Morgan fingerprint density at radius 1 is 1.07 bits per heavy atom. The highest BCUT2D eigenvalue weighted by atomic mass is 32.1. The number of thiophene rings is 1. The summed E-state index contributed by atoms with van der Waals surface area (Å²) >= 11 is 1.48. The SMILES string of the molecule is O=C(NCC1CCCc2ccccc21)C1CCN(C(=O)c2cccs2)CC1. The number of nitrogens with one attached hydrogen (secondary N) is 1. The first-order valence-electron chi connectivity index (χ1n) is 9.90. The summed E-state index contributed by atoms with van der Waals surface area (Å²) in [7, 11) is 0. The first-order chi connectivity index (χ1) is 13.2. The van der Waals surface area contributed by atoms with Crippen molar-refractivity contribution in [2.45, 2.75) is 38.0 Å². The van der Waals surface area contributed by atoms with Gasteiger partial charge < -0.3 is 10.2 Å². The maximum Gasteiger partial charge on any atom is 0.263 e. The van der Waals surface area contributed by atoms with Crippen LogP contribution in [0.2, 0.25) is 0 Å². The molecular weight excluding hydrogens is 356 g/mol. The molecule has 0 radical (unpaired) electrons. The molecule has 2 amide bonds. The van der Waals surface area contributed by atoms with Crippen molar-refractivity contribution < 1.29 is 9.59 Å². The van der Waals surface area contributed by atoms with Crippen LogP contribution >= 0.6 is 11.3 Å². The Hall–Kier alpha value is -2.14. The molecule has 1 aliphatic heterocycles. The lowest BCUT2D eigenvalue weighted by atomic mass is 9.82. The van der Waals surface area contributed by atoms with E-state index in [9.17, 15) is 9.59 Å². The van der Waals surface area contributed by atoms with E-state index in [-0.39, 0.29) is 17.7 Å². The van der Waals surface area contributed by atoms with Crippen molar-refractivity contribution in [3.63, 3.8) is 0 Å². The van der Waals surface area contributed by atoms with Gasteiger partial charge in [0.25, 0.3) is 5.91 Å². The second kappa shape index (κ2) is 8.26. The minimum absolute atomic E-state index is 0.0243. The number of hydrogen-bond acceptors (Lipinski definition) is 3. The zero-order valence-electron chi connectivity index (χ0n) is 15.5. The third-order valence-corrected chi connectivity index (χ3v) is 6.76. The number of amides is 2. The van der Waals surface area contributed by atoms with E-state index in [0.29, 0.717) is 19.0 Å². The fraction of sp³-hybridized carbons (Fsp3) is 0.455. The molecule has 2 aliphatic rings. The van der Waals surface area contributed by atoms with Crippen LogP contribution < -0.4 is 5.32 Å². The van der Waals surface area contributed by atoms with E-state index >= 15 is 0 Å². The number of piperidine rings is 1. The summed E-state index contributed by atoms with van der Waals surface area (Å²) in [5.41, 5.74) is 2.84. The van der Waals surface area contributed by atoms with Crippen LogP contribution in [0.5, 0.6) is 0 Å². The molecule has 1 atom stereocenters. The number of likely N-dealkylation sites (tertiary alicyclic amines) is 1. The average Bonchev–Trinajstić information content (AvgIpc) is 3.26. The lowest BCUT2D eigenvalue weighted by molar-refractivity contribution is -0.126. The minimum atomic E-state index is 0.0243. The lowest BCUT2D eigenvalue weighted by Crippen LogP contribution is -2.43. The van der Waals surface area contributed by atoms with Gasteiger partial charge >= 0.3 is 0 Å². The summed E-state index contributed by atoms with van der Waals surface area (Å²) < 4.78 is 0. The summed E-state index contributed by atoms with van der Waals surface area (Å²) in [6.45, 7) is 2.06. The van der Waals surface area contributed by atoms with Gasteiger partial charge in [-0.2, -0.15) is 0 Å². The van der Waals surface area contributed by atoms with Crippen LogP contribution in [0.1, 0.15) is 52.4 Å². The number of carbonyl (C=O) groups is 2. The monoisotopic (exact) mass is 382 g/mol. The fourth-order valence-corrected chi connectivity index (χ4v) is 5.03. The number of aryl methyl sites for hydroxylation is 1. The van der Waals surface area contributed by atoms with Crippen LogP contribution in [-0.4, -0.2) is 36.3 Å². The molecule has 142 valence electrons. The number of nitrogens with zero attached hydrogens (tertiary/aromatic N) is 1. The summed E-state index contributed by atoms with van der Waals surface area (Å²) in [5, 5.41) is 5.12. The Labute approximate surface area is 164 Å². The van der Waals surface area contributed by atoms with E-state index in [1.165, 1.54) is 28.9 Å². The molecule has 1 fully saturated rings. The van der Waals surface area contributed by atoms with E-state index in [2.05, 4.69) is 29.6 Å². The highest BCUT2D eigenvalue weighted by molar-refractivity contribution is 7.12. The Bertz CT molecular complexity index is 794. The molecular formula is C22H26N2O2S. The molecule has 2 heterocycles. The molecule has 0 spiro atoms. The Kier molecular flexibility index (Phi) is 5.58. The van der Waals surface area contributed by atoms with Gasteiger partial charge in [0.15, 0.2) is 0 Å². The highest BCUT2D eigenvalue weighted by Gasteiger charge is 2.29. The summed E-state index contributed by atoms with van der Waals surface area (Å²) in [5.74, 6) is 0.708. The Morgan fingerprint density at radius 3 is 2.67 bits per heavy atom. The maximum absolute atomic E-state index is 12.6. The lowest BCUT2D eigenvalue weighted by Gasteiger charge is -2.32. The molecule has 1 aliphatic carbocycles. The van der Waals surface area contributed by atoms with Gasteiger partial charge in [-0.15, -0.1) is 11.3 Å². The van der Waals surface area contributed by atoms with Crippen LogP contribution in [0, 0.1) is 5.92 Å². The van der Waals surface area contributed by atoms with Crippen molar-refractivity contribution in [1.82, 2.24) is 10.2 Å². The van der Waals surface area contributed by atoms with E-state index < -0.39 is 0 Å². The van der Waals surface area contributed by atoms with Gasteiger partial charge in [0, 0.05) is 31.5 Å². The number of benzene rings is 1. The van der Waals surface area contributed by atoms with Gasteiger partial charge in [0.05, 0.1) is 4.88 Å². The van der Waals surface area contributed by atoms with Gasteiger partial charge in [-0.1, -0.05) is 30.3 Å². The van der Waals surface area contributed by atoms with Gasteiger partial charge in [-0.3, -0.25) is 9.59 Å². The molecule has 1 N–H and O–H groups in total. The largest absolute Gasteiger partial charge is 0.355 e. The van der Waals surface area contributed by atoms with Crippen LogP contribution in [-0.2, 0) is 11.2 Å². The van der Waals surface area contributed by atoms with Gasteiger partial charge in [-0.25, -0.2) is 0 Å². The standard InChI is InChI=1S/C22H26N2O2S/c25-21(23-15-18-7-3-6-16-5-1-2-8-19(16)18)17-10-12-24(13-11-17)22(26)20-9-4-14-27-20/h1-2,4-5,8-9,14,17-18H,3,6-7,10-13,15H2,(H,23,25). The normalized spacial score (nSPS) is 20.1. The van der Waals surface area contributed by atoms with Crippen LogP contribution in [0.15, 0.2) is 41.8 Å². The van der Waals surface area contributed by atoms with Gasteiger partial charge in [0.2, 0.25) is 5.91 Å². The zero-order chi connectivity index (χ0) is 18.6. The van der Waals surface area contributed by atoms with Gasteiger partial charge in [0.1, 0.15) is 0 Å². The highest BCUT2D eigenvalue weighted by Crippen LogP contribution is 2.31. The molecule has 2 aromatic rings. The first-order valence-corrected chi connectivity index (χ1v) is 10.8. The summed E-state index contributed by atoms with van der Waals surface area (Å²) in [6, 6.07) is 12.4. The molecule has 1 unspecified atom stereocenters. The van der Waals surface area contributed by atoms with Crippen LogP contribution in [0.25, 0.3) is 0 Å². The fourth-order valence-electron chi connectivity index (χ4n) is 4.34. The average molecular weight is 383 g/mol. The number of hydrogen-bond donors (Lipinski definition) is 1. The van der Waals surface area contributed by atoms with E-state index in [0.717, 1.165) is 37.1 Å². The van der Waals surface area contributed by atoms with Crippen molar-refractivity contribution in [2.75, 3.05) is 19.6 Å². The molecule has 27 heavy (non-hydrogen) atoms. The molecule has 5 heteroatoms. The smallest absolute Gasteiger partial charge is 0.263 e. The second-order valence-corrected chi connectivity index (χ2v) is 8.52. The molecule has 4 rings (SSSR count). The molecule has 0 bridgehead atoms. The van der Waals surface area contributed by atoms with E-state index in [4.69, 9.17) is 0 Å². The predicted molar refractivity (Wildman–Crippen MR) is 108 cm³/mol. The van der Waals surface area contributed by atoms with Crippen molar-refractivity contribution in [2.24, 2.45) is 5.92 Å². The Morgan fingerprint density at radius 2 is 1.89 bits per heavy atom. The zero-order valence-corrected chi connectivity index (χ0v) is 16.3. The van der Waals surface area contributed by atoms with Crippen LogP contribution in [0.4, 0.5) is 0 Å². The van der Waals surface area contributed by atoms with Gasteiger partial charge in [-0.05, 0) is 54.7 Å². The first kappa shape index (κ1) is 18.2. The number of rotatable bonds is 4. The summed E-state index contributed by atoms with van der Waals surface area (Å²) in [4.78, 5) is 27.7. The molecule has 1 aromatic heterocycles. The summed E-state index contributed by atoms with van der Waals surface area (Å²) in [6.07, 6.45) is 5.00. The molecule has 1 saturated heterocycles. The van der Waals surface area contributed by atoms with Crippen molar-refractivity contribution in [1.29, 1.82) is 0 Å². The topological polar surface area (TPSA) is 49.4 Å². The molecule has 1 aromatic carbocycles.